The molecule has 1 amide bonds. The van der Waals surface area contributed by atoms with Crippen LogP contribution >= 0.6 is 0 Å². The fraction of sp³-hybridized carbons (Fsp3) is 0.261. The Labute approximate surface area is 174 Å². The van der Waals surface area contributed by atoms with Crippen LogP contribution in [0.3, 0.4) is 0 Å². The summed E-state index contributed by atoms with van der Waals surface area (Å²) in [6, 6.07) is 15.8. The van der Waals surface area contributed by atoms with Crippen LogP contribution in [-0.4, -0.2) is 47.5 Å². The van der Waals surface area contributed by atoms with Gasteiger partial charge in [0.25, 0.3) is 5.91 Å². The van der Waals surface area contributed by atoms with Gasteiger partial charge in [-0.05, 0) is 35.9 Å². The summed E-state index contributed by atoms with van der Waals surface area (Å²) in [6.45, 7) is 1.35. The van der Waals surface area contributed by atoms with Crippen LogP contribution in [0.2, 0.25) is 0 Å². The lowest BCUT2D eigenvalue weighted by molar-refractivity contribution is -0.0247. The average molecular weight is 406 g/mol. The molecule has 0 spiro atoms. The zero-order valence-corrected chi connectivity index (χ0v) is 16.7. The van der Waals surface area contributed by atoms with E-state index in [2.05, 4.69) is 15.3 Å². The molecule has 3 heterocycles. The molecule has 1 atom stereocenters. The number of amides is 1. The number of carbonyl (C=O) groups excluding carboxylic acids is 1. The molecule has 4 rings (SSSR count). The predicted octanol–water partition coefficient (Wildman–Crippen LogP) is 3.46. The fourth-order valence-electron chi connectivity index (χ4n) is 3.51. The van der Waals surface area contributed by atoms with Crippen LogP contribution in [0.5, 0.6) is 0 Å². The van der Waals surface area contributed by atoms with Gasteiger partial charge in [-0.25, -0.2) is 9.37 Å². The molecule has 6 nitrogen and oxygen atoms in total. The van der Waals surface area contributed by atoms with Gasteiger partial charge >= 0.3 is 0 Å². The van der Waals surface area contributed by atoms with Gasteiger partial charge in [0.05, 0.1) is 18.8 Å². The first-order valence-corrected chi connectivity index (χ1v) is 9.88. The maximum absolute atomic E-state index is 14.0. The van der Waals surface area contributed by atoms with E-state index in [1.165, 1.54) is 6.07 Å². The molecule has 0 aliphatic carbocycles. The maximum Gasteiger partial charge on any atom is 0.254 e. The number of carbonyl (C=O) groups is 1. The van der Waals surface area contributed by atoms with E-state index in [1.54, 1.807) is 42.4 Å². The maximum atomic E-state index is 14.0. The van der Waals surface area contributed by atoms with Crippen molar-refractivity contribution >= 4 is 11.7 Å². The summed E-state index contributed by atoms with van der Waals surface area (Å²) in [5.74, 6) is 0.339. The molecular formula is C23H23FN4O2. The highest BCUT2D eigenvalue weighted by atomic mass is 19.1. The largest absolute Gasteiger partial charge is 0.373 e. The molecular weight excluding hydrogens is 383 g/mol. The number of halogens is 1. The number of rotatable bonds is 5. The Morgan fingerprint density at radius 1 is 1.23 bits per heavy atom. The van der Waals surface area contributed by atoms with Crippen LogP contribution in [0.1, 0.15) is 33.4 Å². The summed E-state index contributed by atoms with van der Waals surface area (Å²) in [5.41, 5.74) is 2.68. The Morgan fingerprint density at radius 2 is 2.10 bits per heavy atom. The molecule has 0 saturated carbocycles. The minimum atomic E-state index is -0.325. The van der Waals surface area contributed by atoms with Crippen molar-refractivity contribution in [3.63, 3.8) is 0 Å². The van der Waals surface area contributed by atoms with Gasteiger partial charge in [-0.15, -0.1) is 0 Å². The molecule has 1 fully saturated rings. The number of hydrogen-bond donors (Lipinski definition) is 1. The van der Waals surface area contributed by atoms with Crippen molar-refractivity contribution in [3.05, 3.63) is 89.1 Å². The summed E-state index contributed by atoms with van der Waals surface area (Å²) in [7, 11) is 1.77. The molecule has 0 unspecified atom stereocenters. The lowest BCUT2D eigenvalue weighted by Gasteiger charge is -2.33. The van der Waals surface area contributed by atoms with E-state index in [0.717, 1.165) is 11.4 Å². The number of nitrogens with zero attached hydrogens (tertiary/aromatic N) is 3. The highest BCUT2D eigenvalue weighted by molar-refractivity contribution is 5.94. The summed E-state index contributed by atoms with van der Waals surface area (Å²) in [6.07, 6.45) is 1.69. The van der Waals surface area contributed by atoms with Crippen LogP contribution in [0.4, 0.5) is 10.2 Å². The van der Waals surface area contributed by atoms with E-state index in [4.69, 9.17) is 4.74 Å². The van der Waals surface area contributed by atoms with Crippen LogP contribution in [0, 0.1) is 5.82 Å². The number of hydrogen-bond acceptors (Lipinski definition) is 5. The molecule has 154 valence electrons. The second-order valence-electron chi connectivity index (χ2n) is 7.11. The lowest BCUT2D eigenvalue weighted by atomic mass is 10.1. The highest BCUT2D eigenvalue weighted by Crippen LogP contribution is 2.23. The molecule has 30 heavy (non-hydrogen) atoms. The van der Waals surface area contributed by atoms with Crippen molar-refractivity contribution in [3.8, 4) is 0 Å². The molecule has 0 radical (unpaired) electrons. The normalized spacial score (nSPS) is 16.3. The Balaban J connectivity index is 1.49. The number of aromatic nitrogens is 2. The molecule has 2 aromatic heterocycles. The van der Waals surface area contributed by atoms with E-state index >= 15 is 0 Å². The van der Waals surface area contributed by atoms with Gasteiger partial charge in [-0.2, -0.15) is 0 Å². The fourth-order valence-corrected chi connectivity index (χ4v) is 3.51. The smallest absolute Gasteiger partial charge is 0.254 e. The number of morpholine rings is 1. The molecule has 3 aromatic rings. The zero-order chi connectivity index (χ0) is 20.9. The Kier molecular flexibility index (Phi) is 5.99. The first kappa shape index (κ1) is 20.0. The van der Waals surface area contributed by atoms with Crippen molar-refractivity contribution in [2.24, 2.45) is 0 Å². The van der Waals surface area contributed by atoms with Gasteiger partial charge in [0.2, 0.25) is 0 Å². The van der Waals surface area contributed by atoms with Crippen LogP contribution < -0.4 is 5.32 Å². The van der Waals surface area contributed by atoms with Crippen molar-refractivity contribution < 1.29 is 13.9 Å². The van der Waals surface area contributed by atoms with Crippen LogP contribution in [0.15, 0.2) is 60.8 Å². The molecule has 1 aliphatic heterocycles. The lowest BCUT2D eigenvalue weighted by Crippen LogP contribution is -2.42. The summed E-state index contributed by atoms with van der Waals surface area (Å²) >= 11 is 0. The van der Waals surface area contributed by atoms with Crippen molar-refractivity contribution in [1.29, 1.82) is 0 Å². The molecule has 1 aliphatic rings. The van der Waals surface area contributed by atoms with Gasteiger partial charge in [0.15, 0.2) is 0 Å². The SMILES string of the molecule is CNc1cc(C(=O)N2CCO[C@@H](c3cccc(Cc4ccccc4F)n3)C2)ccn1. The van der Waals surface area contributed by atoms with Crippen molar-refractivity contribution in [1.82, 2.24) is 14.9 Å². The standard InChI is InChI=1S/C23H23FN4O2/c1-25-22-14-17(9-10-26-22)23(29)28-11-12-30-21(15-28)20-8-4-6-18(27-20)13-16-5-2-3-7-19(16)24/h2-10,14,21H,11-13,15H2,1H3,(H,25,26)/t21-/m1/s1. The van der Waals surface area contributed by atoms with Crippen molar-refractivity contribution in [2.45, 2.75) is 12.5 Å². The van der Waals surface area contributed by atoms with Gasteiger partial charge in [-0.1, -0.05) is 24.3 Å². The third kappa shape index (κ3) is 4.46. The number of nitrogens with one attached hydrogen (secondary N) is 1. The van der Waals surface area contributed by atoms with Crippen molar-refractivity contribution in [2.75, 3.05) is 32.1 Å². The second-order valence-corrected chi connectivity index (χ2v) is 7.11. The first-order chi connectivity index (χ1) is 14.6. The third-order valence-corrected chi connectivity index (χ3v) is 5.10. The molecule has 7 heteroatoms. The Morgan fingerprint density at radius 3 is 2.93 bits per heavy atom. The minimum absolute atomic E-state index is 0.0651. The van der Waals surface area contributed by atoms with Gasteiger partial charge in [0, 0.05) is 37.5 Å². The predicted molar refractivity (Wildman–Crippen MR) is 112 cm³/mol. The number of pyridine rings is 2. The topological polar surface area (TPSA) is 67.4 Å². The number of ether oxygens (including phenoxy) is 1. The number of benzene rings is 1. The molecule has 1 N–H and O–H groups in total. The first-order valence-electron chi connectivity index (χ1n) is 9.88. The number of anilines is 1. The third-order valence-electron chi connectivity index (χ3n) is 5.10. The van der Waals surface area contributed by atoms with Crippen LogP contribution in [-0.2, 0) is 11.2 Å². The minimum Gasteiger partial charge on any atom is -0.373 e. The molecule has 1 saturated heterocycles. The molecule has 0 bridgehead atoms. The van der Waals surface area contributed by atoms with Gasteiger partial charge in [-0.3, -0.25) is 9.78 Å². The van der Waals surface area contributed by atoms with E-state index in [9.17, 15) is 9.18 Å². The summed E-state index contributed by atoms with van der Waals surface area (Å²) in [4.78, 5) is 23.5. The quantitative estimate of drug-likeness (QED) is 0.703. The summed E-state index contributed by atoms with van der Waals surface area (Å²) in [5, 5.41) is 2.95. The van der Waals surface area contributed by atoms with Crippen LogP contribution in [0.25, 0.3) is 0 Å². The van der Waals surface area contributed by atoms with E-state index in [-0.39, 0.29) is 17.8 Å². The Hall–Kier alpha value is -3.32. The highest BCUT2D eigenvalue weighted by Gasteiger charge is 2.27. The van der Waals surface area contributed by atoms with E-state index < -0.39 is 0 Å². The zero-order valence-electron chi connectivity index (χ0n) is 16.7. The van der Waals surface area contributed by atoms with E-state index in [0.29, 0.717) is 43.1 Å². The summed E-state index contributed by atoms with van der Waals surface area (Å²) < 4.78 is 19.9. The second kappa shape index (κ2) is 9.00. The van der Waals surface area contributed by atoms with E-state index in [1.807, 2.05) is 24.3 Å². The monoisotopic (exact) mass is 406 g/mol. The van der Waals surface area contributed by atoms with Gasteiger partial charge < -0.3 is 15.0 Å². The molecule has 1 aromatic carbocycles. The average Bonchev–Trinajstić information content (AvgIpc) is 2.80. The van der Waals surface area contributed by atoms with Gasteiger partial charge in [0.1, 0.15) is 17.7 Å². The Bertz CT molecular complexity index is 1040.